The van der Waals surface area contributed by atoms with Crippen LogP contribution < -0.4 is 9.47 Å². The predicted molar refractivity (Wildman–Crippen MR) is 104 cm³/mol. The third-order valence-corrected chi connectivity index (χ3v) is 4.65. The molecule has 10 heteroatoms. The highest BCUT2D eigenvalue weighted by Crippen LogP contribution is 2.33. The van der Waals surface area contributed by atoms with Gasteiger partial charge in [0.15, 0.2) is 0 Å². The number of hydrogen-bond acceptors (Lipinski definition) is 9. The van der Waals surface area contributed by atoms with E-state index in [9.17, 15) is 4.79 Å². The molecule has 0 aliphatic heterocycles. The zero-order valence-corrected chi connectivity index (χ0v) is 17.3. The Balaban J connectivity index is 2.01. The van der Waals surface area contributed by atoms with E-state index in [0.717, 1.165) is 0 Å². The fraction of sp³-hybridized carbons (Fsp3) is 0.500. The Morgan fingerprint density at radius 3 is 2.39 bits per heavy atom. The van der Waals surface area contributed by atoms with Crippen molar-refractivity contribution in [3.63, 3.8) is 0 Å². The Hall–Kier alpha value is -2.30. The van der Waals surface area contributed by atoms with Crippen LogP contribution in [0.3, 0.4) is 0 Å². The molecule has 1 heterocycles. The van der Waals surface area contributed by atoms with Gasteiger partial charge < -0.3 is 28.3 Å². The summed E-state index contributed by atoms with van der Waals surface area (Å²) in [5.41, 5.74) is 0.649. The molecule has 0 N–H and O–H groups in total. The molecule has 1 aromatic carbocycles. The van der Waals surface area contributed by atoms with Crippen LogP contribution in [0.25, 0.3) is 11.5 Å². The molecule has 1 aromatic heterocycles. The quantitative estimate of drug-likeness (QED) is 0.486. The molecule has 0 spiro atoms. The molecule has 0 aliphatic rings. The van der Waals surface area contributed by atoms with Crippen molar-refractivity contribution < 1.29 is 28.2 Å². The number of thioether (sulfide) groups is 1. The minimum atomic E-state index is -0.0547. The van der Waals surface area contributed by atoms with Crippen LogP contribution >= 0.6 is 11.8 Å². The Morgan fingerprint density at radius 2 is 1.79 bits per heavy atom. The molecule has 0 fully saturated rings. The van der Waals surface area contributed by atoms with Crippen molar-refractivity contribution >= 4 is 17.7 Å². The first-order valence-corrected chi connectivity index (χ1v) is 9.55. The van der Waals surface area contributed by atoms with Gasteiger partial charge in [-0.1, -0.05) is 11.8 Å². The minimum Gasteiger partial charge on any atom is -0.497 e. The van der Waals surface area contributed by atoms with Crippen molar-refractivity contribution in [1.29, 1.82) is 0 Å². The van der Waals surface area contributed by atoms with E-state index in [-0.39, 0.29) is 11.7 Å². The van der Waals surface area contributed by atoms with Gasteiger partial charge in [0, 0.05) is 33.4 Å². The van der Waals surface area contributed by atoms with Gasteiger partial charge in [-0.05, 0) is 12.1 Å². The number of nitrogens with zero attached hydrogens (tertiary/aromatic N) is 3. The first kappa shape index (κ1) is 22.0. The van der Waals surface area contributed by atoms with Crippen LogP contribution in [0.5, 0.6) is 11.5 Å². The van der Waals surface area contributed by atoms with Gasteiger partial charge in [0.05, 0.1) is 38.7 Å². The summed E-state index contributed by atoms with van der Waals surface area (Å²) < 4.78 is 26.3. The van der Waals surface area contributed by atoms with Crippen LogP contribution in [0.15, 0.2) is 27.8 Å². The number of methoxy groups -OCH3 is 4. The maximum Gasteiger partial charge on any atom is 0.277 e. The highest BCUT2D eigenvalue weighted by atomic mass is 32.2. The molecule has 154 valence electrons. The number of benzene rings is 1. The van der Waals surface area contributed by atoms with E-state index in [1.54, 1.807) is 51.5 Å². The summed E-state index contributed by atoms with van der Waals surface area (Å²) in [6, 6.07) is 5.29. The lowest BCUT2D eigenvalue weighted by Crippen LogP contribution is -2.37. The summed E-state index contributed by atoms with van der Waals surface area (Å²) >= 11 is 1.18. The van der Waals surface area contributed by atoms with Crippen molar-refractivity contribution in [2.75, 3.05) is 60.5 Å². The van der Waals surface area contributed by atoms with Gasteiger partial charge in [0.25, 0.3) is 11.1 Å². The molecule has 2 rings (SSSR count). The molecule has 28 heavy (non-hydrogen) atoms. The second-order valence-corrected chi connectivity index (χ2v) is 6.52. The molecular weight excluding hydrogens is 386 g/mol. The number of aromatic nitrogens is 2. The summed E-state index contributed by atoms with van der Waals surface area (Å²) in [5, 5.41) is 8.36. The maximum atomic E-state index is 12.4. The normalized spacial score (nSPS) is 10.7. The fourth-order valence-corrected chi connectivity index (χ4v) is 3.00. The molecule has 0 aliphatic carbocycles. The average Bonchev–Trinajstić information content (AvgIpc) is 3.20. The van der Waals surface area contributed by atoms with Crippen molar-refractivity contribution in [3.8, 4) is 23.0 Å². The van der Waals surface area contributed by atoms with Gasteiger partial charge >= 0.3 is 0 Å². The maximum absolute atomic E-state index is 12.4. The summed E-state index contributed by atoms with van der Waals surface area (Å²) in [4.78, 5) is 14.1. The van der Waals surface area contributed by atoms with Crippen LogP contribution in [0, 0.1) is 0 Å². The van der Waals surface area contributed by atoms with Gasteiger partial charge in [0.1, 0.15) is 11.5 Å². The number of rotatable bonds is 12. The molecule has 9 nitrogen and oxygen atoms in total. The summed E-state index contributed by atoms with van der Waals surface area (Å²) in [6.45, 7) is 1.92. The lowest BCUT2D eigenvalue weighted by Gasteiger charge is -2.21. The third-order valence-electron chi connectivity index (χ3n) is 3.85. The molecule has 0 saturated carbocycles. The van der Waals surface area contributed by atoms with Crippen LogP contribution in [-0.2, 0) is 14.3 Å². The summed E-state index contributed by atoms with van der Waals surface area (Å²) in [5.74, 6) is 1.65. The van der Waals surface area contributed by atoms with Crippen LogP contribution in [0.1, 0.15) is 0 Å². The average molecular weight is 411 g/mol. The topological polar surface area (TPSA) is 96.2 Å². The molecule has 2 aromatic rings. The minimum absolute atomic E-state index is 0.0547. The first-order chi connectivity index (χ1) is 13.6. The summed E-state index contributed by atoms with van der Waals surface area (Å²) in [6.07, 6.45) is 0. The smallest absolute Gasteiger partial charge is 0.277 e. The van der Waals surface area contributed by atoms with E-state index in [1.165, 1.54) is 11.8 Å². The van der Waals surface area contributed by atoms with E-state index in [1.807, 2.05) is 0 Å². The van der Waals surface area contributed by atoms with Crippen molar-refractivity contribution in [2.45, 2.75) is 5.22 Å². The Labute approximate surface area is 168 Å². The van der Waals surface area contributed by atoms with E-state index in [0.29, 0.717) is 54.5 Å². The van der Waals surface area contributed by atoms with Crippen LogP contribution in [0.2, 0.25) is 0 Å². The van der Waals surface area contributed by atoms with E-state index in [4.69, 9.17) is 23.4 Å². The van der Waals surface area contributed by atoms with Gasteiger partial charge in [0.2, 0.25) is 5.91 Å². The number of amides is 1. The second kappa shape index (κ2) is 11.5. The van der Waals surface area contributed by atoms with E-state index < -0.39 is 0 Å². The zero-order valence-electron chi connectivity index (χ0n) is 16.5. The molecule has 0 saturated heterocycles. The highest BCUT2D eigenvalue weighted by molar-refractivity contribution is 7.99. The third kappa shape index (κ3) is 6.11. The first-order valence-electron chi connectivity index (χ1n) is 8.57. The predicted octanol–water partition coefficient (Wildman–Crippen LogP) is 1.97. The number of carbonyl (C=O) groups excluding carboxylic acids is 1. The Morgan fingerprint density at radius 1 is 1.07 bits per heavy atom. The monoisotopic (exact) mass is 411 g/mol. The number of hydrogen-bond donors (Lipinski definition) is 0. The van der Waals surface area contributed by atoms with E-state index in [2.05, 4.69) is 10.2 Å². The lowest BCUT2D eigenvalue weighted by molar-refractivity contribution is -0.129. The summed E-state index contributed by atoms with van der Waals surface area (Å²) in [7, 11) is 6.33. The zero-order chi connectivity index (χ0) is 20.4. The molecule has 0 atom stereocenters. The SMILES string of the molecule is COCCN(CCOC)C(=O)CSc1nnc(-c2ccc(OC)cc2OC)o1. The van der Waals surface area contributed by atoms with E-state index >= 15 is 0 Å². The second-order valence-electron chi connectivity index (χ2n) is 5.59. The van der Waals surface area contributed by atoms with Crippen LogP contribution in [-0.4, -0.2) is 81.5 Å². The molecule has 0 unspecified atom stereocenters. The largest absolute Gasteiger partial charge is 0.497 e. The van der Waals surface area contributed by atoms with Gasteiger partial charge in [-0.2, -0.15) is 0 Å². The highest BCUT2D eigenvalue weighted by Gasteiger charge is 2.18. The molecule has 0 bridgehead atoms. The van der Waals surface area contributed by atoms with Crippen molar-refractivity contribution in [3.05, 3.63) is 18.2 Å². The van der Waals surface area contributed by atoms with Gasteiger partial charge in [-0.3, -0.25) is 4.79 Å². The Bertz CT molecular complexity index is 747. The van der Waals surface area contributed by atoms with Gasteiger partial charge in [-0.15, -0.1) is 10.2 Å². The standard InChI is InChI=1S/C18H25N3O6S/c1-23-9-7-21(8-10-24-2)16(22)12-28-18-20-19-17(27-18)14-6-5-13(25-3)11-15(14)26-4/h5-6,11H,7-10,12H2,1-4H3. The molecule has 1 amide bonds. The number of carbonyl (C=O) groups is 1. The van der Waals surface area contributed by atoms with Crippen molar-refractivity contribution in [2.24, 2.45) is 0 Å². The number of ether oxygens (including phenoxy) is 4. The Kier molecular flexibility index (Phi) is 9.05. The lowest BCUT2D eigenvalue weighted by atomic mass is 10.2. The molecular formula is C18H25N3O6S. The van der Waals surface area contributed by atoms with Gasteiger partial charge in [-0.25, -0.2) is 0 Å². The fourth-order valence-electron chi connectivity index (χ4n) is 2.33. The van der Waals surface area contributed by atoms with Crippen molar-refractivity contribution in [1.82, 2.24) is 15.1 Å². The molecule has 0 radical (unpaired) electrons. The van der Waals surface area contributed by atoms with Crippen LogP contribution in [0.4, 0.5) is 0 Å².